The second-order valence-electron chi connectivity index (χ2n) is 4.44. The zero-order chi connectivity index (χ0) is 13.8. The van der Waals surface area contributed by atoms with Crippen molar-refractivity contribution in [2.45, 2.75) is 25.1 Å². The molecule has 19 heavy (non-hydrogen) atoms. The van der Waals surface area contributed by atoms with Crippen LogP contribution < -0.4 is 0 Å². The first-order valence-electron chi connectivity index (χ1n) is 6.17. The highest BCUT2D eigenvalue weighted by atomic mass is 35.5. The topological polar surface area (TPSA) is 41.6 Å². The number of nitrogens with zero attached hydrogens (tertiary/aromatic N) is 3. The van der Waals surface area contributed by atoms with Crippen molar-refractivity contribution in [3.05, 3.63) is 29.6 Å². The molecule has 0 saturated heterocycles. The molecule has 0 aliphatic heterocycles. The van der Waals surface area contributed by atoms with Crippen LogP contribution in [0.1, 0.15) is 18.3 Å². The summed E-state index contributed by atoms with van der Waals surface area (Å²) in [5.74, 6) is 1.56. The number of hydrogen-bond donors (Lipinski definition) is 0. The fraction of sp³-hybridized carbons (Fsp3) is 0.429. The Morgan fingerprint density at radius 1 is 1.53 bits per heavy atom. The van der Waals surface area contributed by atoms with Crippen LogP contribution in [-0.2, 0) is 13.0 Å². The van der Waals surface area contributed by atoms with Crippen molar-refractivity contribution in [1.82, 2.24) is 9.55 Å². The van der Waals surface area contributed by atoms with Gasteiger partial charge in [-0.2, -0.15) is 17.0 Å². The molecule has 0 N–H and O–H groups in total. The van der Waals surface area contributed by atoms with Crippen molar-refractivity contribution in [2.75, 3.05) is 12.1 Å². The predicted octanol–water partition coefficient (Wildman–Crippen LogP) is 3.44. The van der Waals surface area contributed by atoms with E-state index in [9.17, 15) is 0 Å². The lowest BCUT2D eigenvalue weighted by Crippen LogP contribution is -2.12. The summed E-state index contributed by atoms with van der Waals surface area (Å²) < 4.78 is 2.19. The lowest BCUT2D eigenvalue weighted by atomic mass is 10.2. The smallest absolute Gasteiger partial charge is 0.111 e. The molecule has 0 aliphatic rings. The van der Waals surface area contributed by atoms with Crippen LogP contribution in [0.5, 0.6) is 0 Å². The van der Waals surface area contributed by atoms with E-state index >= 15 is 0 Å². The first-order chi connectivity index (χ1) is 9.19. The molecule has 1 unspecified atom stereocenters. The Kier molecular flexibility index (Phi) is 4.73. The number of nitriles is 1. The number of fused-ring (bicyclic) bond motifs is 1. The second-order valence-corrected chi connectivity index (χ2v) is 6.09. The SMILES string of the molecule is CSC(C)Cn1c(CCCl)nc2ccc(C#N)cc21. The van der Waals surface area contributed by atoms with E-state index in [2.05, 4.69) is 28.8 Å². The maximum atomic E-state index is 9.02. The molecule has 0 amide bonds. The normalized spacial score (nSPS) is 12.5. The third kappa shape index (κ3) is 3.05. The van der Waals surface area contributed by atoms with E-state index < -0.39 is 0 Å². The summed E-state index contributed by atoms with van der Waals surface area (Å²) in [4.78, 5) is 4.63. The van der Waals surface area contributed by atoms with Crippen LogP contribution >= 0.6 is 23.4 Å². The van der Waals surface area contributed by atoms with Crippen molar-refractivity contribution in [2.24, 2.45) is 0 Å². The first kappa shape index (κ1) is 14.2. The van der Waals surface area contributed by atoms with Gasteiger partial charge in [0, 0.05) is 24.1 Å². The van der Waals surface area contributed by atoms with Crippen LogP contribution in [0.4, 0.5) is 0 Å². The first-order valence-corrected chi connectivity index (χ1v) is 8.00. The van der Waals surface area contributed by atoms with Gasteiger partial charge in [-0.3, -0.25) is 0 Å². The lowest BCUT2D eigenvalue weighted by molar-refractivity contribution is 0.672. The molecule has 1 aromatic carbocycles. The molecule has 0 spiro atoms. The van der Waals surface area contributed by atoms with Gasteiger partial charge in [-0.25, -0.2) is 4.98 Å². The van der Waals surface area contributed by atoms with E-state index in [0.29, 0.717) is 16.7 Å². The van der Waals surface area contributed by atoms with E-state index in [1.54, 1.807) is 0 Å². The van der Waals surface area contributed by atoms with Gasteiger partial charge in [0.1, 0.15) is 5.82 Å². The summed E-state index contributed by atoms with van der Waals surface area (Å²) in [6.45, 7) is 3.08. The molecule has 1 aromatic heterocycles. The maximum absolute atomic E-state index is 9.02. The number of halogens is 1. The van der Waals surface area contributed by atoms with Gasteiger partial charge in [0.25, 0.3) is 0 Å². The average Bonchev–Trinajstić information content (AvgIpc) is 2.76. The summed E-state index contributed by atoms with van der Waals surface area (Å²) >= 11 is 7.68. The third-order valence-electron chi connectivity index (χ3n) is 3.12. The van der Waals surface area contributed by atoms with Gasteiger partial charge in [-0.15, -0.1) is 11.6 Å². The Labute approximate surface area is 122 Å². The zero-order valence-electron chi connectivity index (χ0n) is 11.1. The fourth-order valence-corrected chi connectivity index (χ4v) is 2.52. The highest BCUT2D eigenvalue weighted by molar-refractivity contribution is 7.99. The van der Waals surface area contributed by atoms with Crippen molar-refractivity contribution in [1.29, 1.82) is 5.26 Å². The van der Waals surface area contributed by atoms with Crippen LogP contribution in [0, 0.1) is 11.3 Å². The highest BCUT2D eigenvalue weighted by Crippen LogP contribution is 2.21. The summed E-state index contributed by atoms with van der Waals surface area (Å²) in [6, 6.07) is 7.81. The molecular weight excluding hydrogens is 278 g/mol. The minimum atomic E-state index is 0.497. The number of benzene rings is 1. The summed E-state index contributed by atoms with van der Waals surface area (Å²) in [5.41, 5.74) is 2.63. The molecule has 5 heteroatoms. The van der Waals surface area contributed by atoms with Gasteiger partial charge in [0.2, 0.25) is 0 Å². The van der Waals surface area contributed by atoms with E-state index in [4.69, 9.17) is 16.9 Å². The molecule has 0 saturated carbocycles. The van der Waals surface area contributed by atoms with Gasteiger partial charge in [-0.1, -0.05) is 6.92 Å². The molecule has 100 valence electrons. The summed E-state index contributed by atoms with van der Waals surface area (Å²) in [7, 11) is 0. The largest absolute Gasteiger partial charge is 0.327 e. The van der Waals surface area contributed by atoms with E-state index in [1.807, 2.05) is 30.0 Å². The van der Waals surface area contributed by atoms with Crippen LogP contribution in [0.25, 0.3) is 11.0 Å². The molecule has 0 radical (unpaired) electrons. The Morgan fingerprint density at radius 2 is 2.32 bits per heavy atom. The third-order valence-corrected chi connectivity index (χ3v) is 4.26. The summed E-state index contributed by atoms with van der Waals surface area (Å²) in [5, 5.41) is 9.52. The molecule has 1 atom stereocenters. The number of rotatable bonds is 5. The maximum Gasteiger partial charge on any atom is 0.111 e. The molecule has 0 fully saturated rings. The quantitative estimate of drug-likeness (QED) is 0.793. The van der Waals surface area contributed by atoms with E-state index in [1.165, 1.54) is 0 Å². The van der Waals surface area contributed by atoms with Crippen LogP contribution in [0.2, 0.25) is 0 Å². The number of hydrogen-bond acceptors (Lipinski definition) is 3. The summed E-state index contributed by atoms with van der Waals surface area (Å²) in [6.07, 6.45) is 2.85. The Balaban J connectivity index is 2.53. The van der Waals surface area contributed by atoms with Crippen molar-refractivity contribution >= 4 is 34.4 Å². The van der Waals surface area contributed by atoms with E-state index in [-0.39, 0.29) is 0 Å². The van der Waals surface area contributed by atoms with Crippen LogP contribution in [-0.4, -0.2) is 26.9 Å². The number of aryl methyl sites for hydroxylation is 1. The zero-order valence-corrected chi connectivity index (χ0v) is 12.6. The lowest BCUT2D eigenvalue weighted by Gasteiger charge is -2.13. The van der Waals surface area contributed by atoms with Crippen molar-refractivity contribution < 1.29 is 0 Å². The number of alkyl halides is 1. The minimum absolute atomic E-state index is 0.497. The second kappa shape index (κ2) is 6.31. The predicted molar refractivity (Wildman–Crippen MR) is 81.8 cm³/mol. The Morgan fingerprint density at radius 3 is 2.95 bits per heavy atom. The molecule has 2 aromatic rings. The number of aromatic nitrogens is 2. The molecule has 0 aliphatic carbocycles. The standard InChI is InChI=1S/C14H16ClN3S/c1-10(19-2)9-18-13-7-11(8-16)3-4-12(13)17-14(18)5-6-15/h3-4,7,10H,5-6,9H2,1-2H3. The molecule has 3 nitrogen and oxygen atoms in total. The van der Waals surface area contributed by atoms with Gasteiger partial charge in [-0.05, 0) is 24.5 Å². The van der Waals surface area contributed by atoms with Crippen LogP contribution in [0.3, 0.4) is 0 Å². The minimum Gasteiger partial charge on any atom is -0.327 e. The van der Waals surface area contributed by atoms with Crippen molar-refractivity contribution in [3.8, 4) is 6.07 Å². The van der Waals surface area contributed by atoms with Gasteiger partial charge in [0.15, 0.2) is 0 Å². The molecule has 0 bridgehead atoms. The Bertz CT molecular complexity index is 615. The molecule has 1 heterocycles. The average molecular weight is 294 g/mol. The van der Waals surface area contributed by atoms with Gasteiger partial charge >= 0.3 is 0 Å². The number of thioether (sulfide) groups is 1. The van der Waals surface area contributed by atoms with Gasteiger partial charge in [0.05, 0.1) is 22.7 Å². The monoisotopic (exact) mass is 293 g/mol. The van der Waals surface area contributed by atoms with E-state index in [0.717, 1.165) is 29.8 Å². The Hall–Kier alpha value is -1.18. The number of imidazole rings is 1. The molecular formula is C14H16ClN3S. The molecule has 2 rings (SSSR count). The fourth-order valence-electron chi connectivity index (χ4n) is 2.05. The highest BCUT2D eigenvalue weighted by Gasteiger charge is 2.13. The van der Waals surface area contributed by atoms with Crippen LogP contribution in [0.15, 0.2) is 18.2 Å². The van der Waals surface area contributed by atoms with Crippen molar-refractivity contribution in [3.63, 3.8) is 0 Å². The van der Waals surface area contributed by atoms with Gasteiger partial charge < -0.3 is 4.57 Å².